The fourth-order valence-electron chi connectivity index (χ4n) is 2.70. The molecule has 78 valence electrons. The maximum atomic E-state index is 2.73. The van der Waals surface area contributed by atoms with E-state index in [-0.39, 0.29) is 0 Å². The first-order valence-corrected chi connectivity index (χ1v) is 5.92. The SMILES string of the molecule is CCC(C(C)C)N1CCCCC1C. The van der Waals surface area contributed by atoms with E-state index < -0.39 is 0 Å². The lowest BCUT2D eigenvalue weighted by Gasteiger charge is -2.41. The van der Waals surface area contributed by atoms with Crippen LogP contribution in [0.15, 0.2) is 0 Å². The summed E-state index contributed by atoms with van der Waals surface area (Å²) in [6.07, 6.45) is 5.56. The maximum Gasteiger partial charge on any atom is 0.0118 e. The molecule has 1 aliphatic heterocycles. The Morgan fingerprint density at radius 3 is 2.46 bits per heavy atom. The summed E-state index contributed by atoms with van der Waals surface area (Å²) >= 11 is 0. The molecule has 0 saturated carbocycles. The van der Waals surface area contributed by atoms with E-state index in [0.717, 1.165) is 18.0 Å². The van der Waals surface area contributed by atoms with Crippen molar-refractivity contribution in [3.63, 3.8) is 0 Å². The average molecular weight is 183 g/mol. The minimum Gasteiger partial charge on any atom is -0.297 e. The van der Waals surface area contributed by atoms with Crippen LogP contribution in [0, 0.1) is 5.92 Å². The van der Waals surface area contributed by atoms with Crippen LogP contribution in [0.4, 0.5) is 0 Å². The van der Waals surface area contributed by atoms with E-state index in [9.17, 15) is 0 Å². The summed E-state index contributed by atoms with van der Waals surface area (Å²) in [5.41, 5.74) is 0. The number of piperidine rings is 1. The quantitative estimate of drug-likeness (QED) is 0.649. The van der Waals surface area contributed by atoms with E-state index in [1.165, 1.54) is 32.2 Å². The zero-order chi connectivity index (χ0) is 9.84. The highest BCUT2D eigenvalue weighted by Gasteiger charge is 2.26. The maximum absolute atomic E-state index is 2.73. The minimum atomic E-state index is 0.811. The van der Waals surface area contributed by atoms with Crippen molar-refractivity contribution in [1.29, 1.82) is 0 Å². The van der Waals surface area contributed by atoms with Crippen LogP contribution in [-0.4, -0.2) is 23.5 Å². The van der Waals surface area contributed by atoms with Crippen molar-refractivity contribution >= 4 is 0 Å². The van der Waals surface area contributed by atoms with Crippen LogP contribution in [-0.2, 0) is 0 Å². The first-order chi connectivity index (χ1) is 6.16. The van der Waals surface area contributed by atoms with Crippen molar-refractivity contribution in [1.82, 2.24) is 4.90 Å². The summed E-state index contributed by atoms with van der Waals surface area (Å²) in [6, 6.07) is 1.64. The number of hydrogen-bond donors (Lipinski definition) is 0. The van der Waals surface area contributed by atoms with Gasteiger partial charge in [0.2, 0.25) is 0 Å². The van der Waals surface area contributed by atoms with Crippen LogP contribution in [0.5, 0.6) is 0 Å². The number of hydrogen-bond acceptors (Lipinski definition) is 1. The molecular formula is C12H25N. The van der Waals surface area contributed by atoms with Crippen molar-refractivity contribution in [2.45, 2.75) is 65.5 Å². The Kier molecular flexibility index (Phi) is 4.24. The van der Waals surface area contributed by atoms with Gasteiger partial charge in [-0.3, -0.25) is 4.90 Å². The molecule has 1 nitrogen and oxygen atoms in total. The average Bonchev–Trinajstić information content (AvgIpc) is 2.09. The fraction of sp³-hybridized carbons (Fsp3) is 1.00. The van der Waals surface area contributed by atoms with Crippen LogP contribution < -0.4 is 0 Å². The summed E-state index contributed by atoms with van der Waals surface area (Å²) in [5.74, 6) is 0.811. The van der Waals surface area contributed by atoms with Gasteiger partial charge in [0.05, 0.1) is 0 Å². The normalized spacial score (nSPS) is 27.9. The highest BCUT2D eigenvalue weighted by atomic mass is 15.2. The Morgan fingerprint density at radius 2 is 2.00 bits per heavy atom. The van der Waals surface area contributed by atoms with E-state index in [1.54, 1.807) is 0 Å². The van der Waals surface area contributed by atoms with Crippen LogP contribution in [0.25, 0.3) is 0 Å². The summed E-state index contributed by atoms with van der Waals surface area (Å²) in [6.45, 7) is 10.8. The standard InChI is InChI=1S/C12H25N/c1-5-12(10(2)3)13-9-7-6-8-11(13)4/h10-12H,5-9H2,1-4H3. The van der Waals surface area contributed by atoms with Gasteiger partial charge in [-0.2, -0.15) is 0 Å². The van der Waals surface area contributed by atoms with Gasteiger partial charge >= 0.3 is 0 Å². The van der Waals surface area contributed by atoms with Gasteiger partial charge in [0.25, 0.3) is 0 Å². The molecule has 1 saturated heterocycles. The first kappa shape index (κ1) is 11.0. The molecule has 2 atom stereocenters. The van der Waals surface area contributed by atoms with Gasteiger partial charge in [-0.25, -0.2) is 0 Å². The summed E-state index contributed by atoms with van der Waals surface area (Å²) in [7, 11) is 0. The summed E-state index contributed by atoms with van der Waals surface area (Å²) in [5, 5.41) is 0. The van der Waals surface area contributed by atoms with Crippen molar-refractivity contribution in [2.24, 2.45) is 5.92 Å². The summed E-state index contributed by atoms with van der Waals surface area (Å²) < 4.78 is 0. The van der Waals surface area contributed by atoms with Crippen molar-refractivity contribution in [3.8, 4) is 0 Å². The van der Waals surface area contributed by atoms with Gasteiger partial charge in [0.1, 0.15) is 0 Å². The zero-order valence-electron chi connectivity index (χ0n) is 9.71. The molecule has 1 heterocycles. The van der Waals surface area contributed by atoms with E-state index >= 15 is 0 Å². The number of rotatable bonds is 3. The fourth-order valence-corrected chi connectivity index (χ4v) is 2.70. The molecule has 0 aromatic carbocycles. The zero-order valence-corrected chi connectivity index (χ0v) is 9.71. The largest absolute Gasteiger partial charge is 0.297 e. The van der Waals surface area contributed by atoms with Crippen LogP contribution in [0.2, 0.25) is 0 Å². The Labute approximate surface area is 83.5 Å². The van der Waals surface area contributed by atoms with E-state index in [1.807, 2.05) is 0 Å². The Hall–Kier alpha value is -0.0400. The van der Waals surface area contributed by atoms with Gasteiger partial charge in [0.15, 0.2) is 0 Å². The predicted molar refractivity (Wildman–Crippen MR) is 58.9 cm³/mol. The third-order valence-electron chi connectivity index (χ3n) is 3.47. The predicted octanol–water partition coefficient (Wildman–Crippen LogP) is 3.30. The lowest BCUT2D eigenvalue weighted by Crippen LogP contribution is -2.46. The van der Waals surface area contributed by atoms with E-state index in [2.05, 4.69) is 32.6 Å². The highest BCUT2D eigenvalue weighted by Crippen LogP contribution is 2.24. The van der Waals surface area contributed by atoms with Gasteiger partial charge in [-0.15, -0.1) is 0 Å². The van der Waals surface area contributed by atoms with Crippen LogP contribution >= 0.6 is 0 Å². The molecule has 1 fully saturated rings. The molecule has 1 aliphatic rings. The van der Waals surface area contributed by atoms with Crippen LogP contribution in [0.1, 0.15) is 53.4 Å². The molecule has 0 aromatic heterocycles. The Morgan fingerprint density at radius 1 is 1.31 bits per heavy atom. The molecular weight excluding hydrogens is 158 g/mol. The molecule has 0 aliphatic carbocycles. The molecule has 13 heavy (non-hydrogen) atoms. The molecule has 0 aromatic rings. The molecule has 0 amide bonds. The third-order valence-corrected chi connectivity index (χ3v) is 3.47. The first-order valence-electron chi connectivity index (χ1n) is 5.92. The van der Waals surface area contributed by atoms with Gasteiger partial charge in [0, 0.05) is 12.1 Å². The van der Waals surface area contributed by atoms with Crippen molar-refractivity contribution in [3.05, 3.63) is 0 Å². The third kappa shape index (κ3) is 2.70. The number of nitrogens with zero attached hydrogens (tertiary/aromatic N) is 1. The van der Waals surface area contributed by atoms with Crippen molar-refractivity contribution in [2.75, 3.05) is 6.54 Å². The smallest absolute Gasteiger partial charge is 0.0118 e. The van der Waals surface area contributed by atoms with Crippen LogP contribution in [0.3, 0.4) is 0 Å². The topological polar surface area (TPSA) is 3.24 Å². The van der Waals surface area contributed by atoms with E-state index in [4.69, 9.17) is 0 Å². The second-order valence-electron chi connectivity index (χ2n) is 4.80. The molecule has 0 radical (unpaired) electrons. The molecule has 2 unspecified atom stereocenters. The summed E-state index contributed by atoms with van der Waals surface area (Å²) in [4.78, 5) is 2.73. The highest BCUT2D eigenvalue weighted by molar-refractivity contribution is 4.81. The second kappa shape index (κ2) is 4.99. The van der Waals surface area contributed by atoms with Gasteiger partial charge < -0.3 is 0 Å². The lowest BCUT2D eigenvalue weighted by atomic mass is 9.94. The molecule has 0 spiro atoms. The lowest BCUT2D eigenvalue weighted by molar-refractivity contribution is 0.0759. The monoisotopic (exact) mass is 183 g/mol. The molecule has 0 N–H and O–H groups in total. The molecule has 1 heteroatoms. The van der Waals surface area contributed by atoms with Gasteiger partial charge in [-0.1, -0.05) is 27.2 Å². The molecule has 1 rings (SSSR count). The Bertz CT molecular complexity index is 142. The number of likely N-dealkylation sites (tertiary alicyclic amines) is 1. The molecule has 0 bridgehead atoms. The Balaban J connectivity index is 2.55. The second-order valence-corrected chi connectivity index (χ2v) is 4.80. The van der Waals surface area contributed by atoms with Crippen molar-refractivity contribution < 1.29 is 0 Å². The van der Waals surface area contributed by atoms with Gasteiger partial charge in [-0.05, 0) is 38.6 Å². The minimum absolute atomic E-state index is 0.811. The van der Waals surface area contributed by atoms with E-state index in [0.29, 0.717) is 0 Å².